The van der Waals surface area contributed by atoms with Gasteiger partial charge in [-0.25, -0.2) is 9.79 Å². The highest BCUT2D eigenvalue weighted by molar-refractivity contribution is 9.10. The minimum atomic E-state index is -0.487. The molecule has 7 heteroatoms. The summed E-state index contributed by atoms with van der Waals surface area (Å²) < 4.78 is 11.9. The van der Waals surface area contributed by atoms with Crippen LogP contribution < -0.4 is 4.74 Å². The predicted molar refractivity (Wildman–Crippen MR) is 122 cm³/mol. The van der Waals surface area contributed by atoms with E-state index in [2.05, 4.69) is 20.9 Å². The van der Waals surface area contributed by atoms with Gasteiger partial charge < -0.3 is 9.47 Å². The van der Waals surface area contributed by atoms with Gasteiger partial charge in [0.05, 0.1) is 0 Å². The molecule has 0 atom stereocenters. The van der Waals surface area contributed by atoms with Crippen LogP contribution in [0.15, 0.2) is 81.9 Å². The lowest BCUT2D eigenvalue weighted by Crippen LogP contribution is -2.05. The lowest BCUT2D eigenvalue weighted by Gasteiger charge is -2.09. The first-order valence-electron chi connectivity index (χ1n) is 8.94. The van der Waals surface area contributed by atoms with Crippen molar-refractivity contribution >= 4 is 57.1 Å². The van der Waals surface area contributed by atoms with Gasteiger partial charge in [0.1, 0.15) is 12.4 Å². The zero-order valence-electron chi connectivity index (χ0n) is 15.4. The molecule has 30 heavy (non-hydrogen) atoms. The van der Waals surface area contributed by atoms with Crippen LogP contribution in [-0.2, 0) is 16.1 Å². The van der Waals surface area contributed by atoms with Gasteiger partial charge >= 0.3 is 5.97 Å². The molecule has 0 saturated carbocycles. The predicted octanol–water partition coefficient (Wildman–Crippen LogP) is 6.68. The summed E-state index contributed by atoms with van der Waals surface area (Å²) in [6, 6.07) is 20.0. The van der Waals surface area contributed by atoms with Gasteiger partial charge in [0.15, 0.2) is 5.70 Å². The molecule has 1 aliphatic rings. The van der Waals surface area contributed by atoms with Crippen molar-refractivity contribution in [2.75, 3.05) is 0 Å². The van der Waals surface area contributed by atoms with E-state index in [9.17, 15) is 4.79 Å². The monoisotopic (exact) mass is 501 g/mol. The smallest absolute Gasteiger partial charge is 0.363 e. The number of rotatable bonds is 5. The topological polar surface area (TPSA) is 47.9 Å². The molecule has 0 amide bonds. The second-order valence-corrected chi connectivity index (χ2v) is 8.13. The van der Waals surface area contributed by atoms with Crippen molar-refractivity contribution in [3.8, 4) is 5.75 Å². The number of nitrogens with zero attached hydrogens (tertiary/aromatic N) is 1. The van der Waals surface area contributed by atoms with E-state index in [0.717, 1.165) is 21.2 Å². The Morgan fingerprint density at radius 3 is 2.40 bits per heavy atom. The van der Waals surface area contributed by atoms with Crippen LogP contribution in [0.4, 0.5) is 0 Å². The van der Waals surface area contributed by atoms with Crippen LogP contribution in [0, 0.1) is 0 Å². The first kappa shape index (κ1) is 20.7. The van der Waals surface area contributed by atoms with Gasteiger partial charge in [-0.15, -0.1) is 0 Å². The largest absolute Gasteiger partial charge is 0.489 e. The maximum absolute atomic E-state index is 12.2. The van der Waals surface area contributed by atoms with Crippen molar-refractivity contribution in [2.24, 2.45) is 4.99 Å². The molecule has 3 aromatic carbocycles. The number of aliphatic imine (C=N–C) groups is 1. The van der Waals surface area contributed by atoms with E-state index in [1.807, 2.05) is 36.4 Å². The first-order chi connectivity index (χ1) is 14.5. The number of halogens is 3. The minimum absolute atomic E-state index is 0.237. The summed E-state index contributed by atoms with van der Waals surface area (Å²) in [5, 5.41) is 1.12. The van der Waals surface area contributed by atoms with Crippen molar-refractivity contribution in [1.29, 1.82) is 0 Å². The molecular weight excluding hydrogens is 489 g/mol. The number of benzene rings is 3. The van der Waals surface area contributed by atoms with Gasteiger partial charge in [-0.3, -0.25) is 0 Å². The van der Waals surface area contributed by atoms with Crippen molar-refractivity contribution in [3.63, 3.8) is 0 Å². The van der Waals surface area contributed by atoms with Gasteiger partial charge in [-0.2, -0.15) is 0 Å². The van der Waals surface area contributed by atoms with Gasteiger partial charge in [0.2, 0.25) is 5.90 Å². The Kier molecular flexibility index (Phi) is 6.23. The third-order valence-electron chi connectivity index (χ3n) is 4.32. The number of esters is 1. The number of ether oxygens (including phenoxy) is 2. The molecule has 0 bridgehead atoms. The second kappa shape index (κ2) is 9.04. The van der Waals surface area contributed by atoms with E-state index in [-0.39, 0.29) is 18.2 Å². The molecular formula is C23H14BrCl2NO3. The van der Waals surface area contributed by atoms with Crippen LogP contribution in [0.2, 0.25) is 10.0 Å². The van der Waals surface area contributed by atoms with E-state index in [1.165, 1.54) is 0 Å². The van der Waals surface area contributed by atoms with Gasteiger partial charge in [0, 0.05) is 25.6 Å². The molecule has 0 unspecified atom stereocenters. The summed E-state index contributed by atoms with van der Waals surface area (Å²) in [5.74, 6) is 0.447. The van der Waals surface area contributed by atoms with Crippen LogP contribution in [0.5, 0.6) is 5.75 Å². The molecule has 3 aromatic rings. The molecule has 1 heterocycles. The molecule has 4 rings (SSSR count). The average Bonchev–Trinajstić information content (AvgIpc) is 3.09. The summed E-state index contributed by atoms with van der Waals surface area (Å²) in [6.45, 7) is 0.256. The van der Waals surface area contributed by atoms with Crippen molar-refractivity contribution in [2.45, 2.75) is 6.61 Å². The summed E-state index contributed by atoms with van der Waals surface area (Å²) >= 11 is 15.7. The summed E-state index contributed by atoms with van der Waals surface area (Å²) in [4.78, 5) is 16.5. The van der Waals surface area contributed by atoms with Crippen LogP contribution in [0.3, 0.4) is 0 Å². The Balaban J connectivity index is 1.47. The Bertz CT molecular complexity index is 1150. The van der Waals surface area contributed by atoms with E-state index < -0.39 is 5.97 Å². The van der Waals surface area contributed by atoms with Crippen molar-refractivity contribution in [3.05, 3.63) is 104 Å². The van der Waals surface area contributed by atoms with E-state index >= 15 is 0 Å². The SMILES string of the molecule is O=C1OC(c2cccc(Br)c2)=N/C1=C\c1ccc(OCc2c(Cl)cccc2Cl)cc1. The number of hydrogen-bond acceptors (Lipinski definition) is 4. The molecule has 150 valence electrons. The Hall–Kier alpha value is -2.60. The standard InChI is InChI=1S/C23H14BrCl2NO3/c24-16-4-1-3-15(12-16)22-27-21(23(28)30-22)11-14-7-9-17(10-8-14)29-13-18-19(25)5-2-6-20(18)26/h1-12H,13H2/b21-11-. The van der Waals surface area contributed by atoms with Crippen LogP contribution in [-0.4, -0.2) is 11.9 Å². The Morgan fingerprint density at radius 2 is 1.70 bits per heavy atom. The van der Waals surface area contributed by atoms with Crippen LogP contribution in [0.25, 0.3) is 6.08 Å². The van der Waals surface area contributed by atoms with E-state index in [4.69, 9.17) is 32.7 Å². The van der Waals surface area contributed by atoms with Gasteiger partial charge in [0.25, 0.3) is 0 Å². The van der Waals surface area contributed by atoms with Gasteiger partial charge in [-0.1, -0.05) is 63.4 Å². The molecule has 0 aliphatic carbocycles. The fourth-order valence-corrected chi connectivity index (χ4v) is 3.70. The first-order valence-corrected chi connectivity index (χ1v) is 10.5. The molecule has 0 N–H and O–H groups in total. The zero-order valence-corrected chi connectivity index (χ0v) is 18.5. The minimum Gasteiger partial charge on any atom is -0.489 e. The summed E-state index contributed by atoms with van der Waals surface area (Å²) in [5.41, 5.74) is 2.49. The lowest BCUT2D eigenvalue weighted by molar-refractivity contribution is -0.129. The number of carbonyl (C=O) groups is 1. The molecule has 4 nitrogen and oxygen atoms in total. The average molecular weight is 503 g/mol. The number of cyclic esters (lactones) is 1. The van der Waals surface area contributed by atoms with Crippen LogP contribution >= 0.6 is 39.1 Å². The summed E-state index contributed by atoms with van der Waals surface area (Å²) in [6.07, 6.45) is 1.67. The maximum Gasteiger partial charge on any atom is 0.363 e. The van der Waals surface area contributed by atoms with E-state index in [0.29, 0.717) is 15.8 Å². The molecule has 0 aromatic heterocycles. The highest BCUT2D eigenvalue weighted by Crippen LogP contribution is 2.26. The summed E-state index contributed by atoms with van der Waals surface area (Å²) in [7, 11) is 0. The molecule has 0 radical (unpaired) electrons. The zero-order chi connectivity index (χ0) is 21.1. The second-order valence-electron chi connectivity index (χ2n) is 6.40. The normalized spacial score (nSPS) is 14.6. The Labute approximate surface area is 191 Å². The number of carbonyl (C=O) groups excluding carboxylic acids is 1. The highest BCUT2D eigenvalue weighted by atomic mass is 79.9. The van der Waals surface area contributed by atoms with Crippen LogP contribution in [0.1, 0.15) is 16.7 Å². The van der Waals surface area contributed by atoms with Crippen molar-refractivity contribution < 1.29 is 14.3 Å². The lowest BCUT2D eigenvalue weighted by atomic mass is 10.2. The third-order valence-corrected chi connectivity index (χ3v) is 5.52. The fraction of sp³-hybridized carbons (Fsp3) is 0.0435. The third kappa shape index (κ3) is 4.75. The fourth-order valence-electron chi connectivity index (χ4n) is 2.80. The highest BCUT2D eigenvalue weighted by Gasteiger charge is 2.24. The Morgan fingerprint density at radius 1 is 1.00 bits per heavy atom. The molecule has 1 aliphatic heterocycles. The van der Waals surface area contributed by atoms with Gasteiger partial charge in [-0.05, 0) is 54.1 Å². The quantitative estimate of drug-likeness (QED) is 0.289. The number of hydrogen-bond donors (Lipinski definition) is 0. The van der Waals surface area contributed by atoms with E-state index in [1.54, 1.807) is 36.4 Å². The van der Waals surface area contributed by atoms with Crippen molar-refractivity contribution in [1.82, 2.24) is 0 Å². The maximum atomic E-state index is 12.2. The molecule has 0 fully saturated rings. The molecule has 0 spiro atoms. The molecule has 0 saturated heterocycles.